The van der Waals surface area contributed by atoms with Crippen LogP contribution >= 0.6 is 11.6 Å². The second-order valence-corrected chi connectivity index (χ2v) is 8.76. The number of pyridine rings is 1. The Morgan fingerprint density at radius 3 is 2.46 bits per heavy atom. The molecule has 1 unspecified atom stereocenters. The highest BCUT2D eigenvalue weighted by Crippen LogP contribution is 2.36. The SMILES string of the molecule is CCC(Nc1nc(-c2ccc(F)c(Cl)c2)cc(N2CCN(c3ncccc3C(F)(F)F)CC2)n1)C(=O)O. The third-order valence-electron chi connectivity index (χ3n) is 5.93. The smallest absolute Gasteiger partial charge is 0.419 e. The highest BCUT2D eigenvalue weighted by atomic mass is 35.5. The molecule has 1 saturated heterocycles. The molecule has 8 nitrogen and oxygen atoms in total. The van der Waals surface area contributed by atoms with Crippen molar-refractivity contribution in [3.8, 4) is 11.3 Å². The van der Waals surface area contributed by atoms with E-state index in [-0.39, 0.29) is 36.3 Å². The number of carboxylic acids is 1. The van der Waals surface area contributed by atoms with Crippen molar-refractivity contribution >= 4 is 35.2 Å². The lowest BCUT2D eigenvalue weighted by Gasteiger charge is -2.37. The Morgan fingerprint density at radius 1 is 1.14 bits per heavy atom. The van der Waals surface area contributed by atoms with Crippen LogP contribution in [0.1, 0.15) is 18.9 Å². The lowest BCUT2D eigenvalue weighted by atomic mass is 10.1. The van der Waals surface area contributed by atoms with Gasteiger partial charge in [-0.3, -0.25) is 0 Å². The Bertz CT molecular complexity index is 1280. The van der Waals surface area contributed by atoms with E-state index in [4.69, 9.17) is 11.6 Å². The van der Waals surface area contributed by atoms with Gasteiger partial charge in [0.2, 0.25) is 5.95 Å². The molecule has 1 atom stereocenters. The molecule has 0 amide bonds. The summed E-state index contributed by atoms with van der Waals surface area (Å²) in [4.78, 5) is 27.8. The summed E-state index contributed by atoms with van der Waals surface area (Å²) in [5.74, 6) is -1.32. The first kappa shape index (κ1) is 26.4. The lowest BCUT2D eigenvalue weighted by Crippen LogP contribution is -2.47. The molecule has 3 heterocycles. The van der Waals surface area contributed by atoms with Crippen molar-refractivity contribution in [2.24, 2.45) is 0 Å². The highest BCUT2D eigenvalue weighted by Gasteiger charge is 2.36. The number of alkyl halides is 3. The van der Waals surface area contributed by atoms with Crippen LogP contribution in [0.3, 0.4) is 0 Å². The Labute approximate surface area is 214 Å². The molecule has 0 aliphatic carbocycles. The molecule has 0 radical (unpaired) electrons. The van der Waals surface area contributed by atoms with Crippen LogP contribution in [0.25, 0.3) is 11.3 Å². The Kier molecular flexibility index (Phi) is 7.67. The van der Waals surface area contributed by atoms with Crippen molar-refractivity contribution < 1.29 is 27.5 Å². The second kappa shape index (κ2) is 10.8. The van der Waals surface area contributed by atoms with Crippen LogP contribution in [0.4, 0.5) is 35.1 Å². The van der Waals surface area contributed by atoms with Gasteiger partial charge in [-0.05, 0) is 36.8 Å². The zero-order chi connectivity index (χ0) is 26.7. The largest absolute Gasteiger partial charge is 0.480 e. The number of hydrogen-bond donors (Lipinski definition) is 2. The number of carbonyl (C=O) groups is 1. The van der Waals surface area contributed by atoms with Gasteiger partial charge in [0.05, 0.1) is 16.3 Å². The topological polar surface area (TPSA) is 94.5 Å². The fraction of sp³-hybridized carbons (Fsp3) is 0.333. The zero-order valence-electron chi connectivity index (χ0n) is 19.6. The third kappa shape index (κ3) is 6.01. The molecule has 13 heteroatoms. The van der Waals surface area contributed by atoms with E-state index in [0.717, 1.165) is 6.07 Å². The third-order valence-corrected chi connectivity index (χ3v) is 6.22. The average molecular weight is 539 g/mol. The Balaban J connectivity index is 1.63. The normalized spacial score (nSPS) is 15.0. The molecular weight excluding hydrogens is 516 g/mol. The molecule has 3 aromatic rings. The van der Waals surface area contributed by atoms with Crippen molar-refractivity contribution in [1.82, 2.24) is 15.0 Å². The van der Waals surface area contributed by atoms with Gasteiger partial charge < -0.3 is 20.2 Å². The van der Waals surface area contributed by atoms with E-state index >= 15 is 0 Å². The summed E-state index contributed by atoms with van der Waals surface area (Å²) < 4.78 is 54.1. The summed E-state index contributed by atoms with van der Waals surface area (Å²) in [6.45, 7) is 2.84. The number of aliphatic carboxylic acids is 1. The van der Waals surface area contributed by atoms with E-state index in [1.54, 1.807) is 17.9 Å². The minimum Gasteiger partial charge on any atom is -0.480 e. The van der Waals surface area contributed by atoms with Crippen molar-refractivity contribution in [2.45, 2.75) is 25.6 Å². The first-order chi connectivity index (χ1) is 17.6. The zero-order valence-corrected chi connectivity index (χ0v) is 20.4. The number of nitrogens with zero attached hydrogens (tertiary/aromatic N) is 5. The summed E-state index contributed by atoms with van der Waals surface area (Å²) in [6, 6.07) is 7.05. The average Bonchev–Trinajstić information content (AvgIpc) is 2.88. The number of benzene rings is 1. The molecule has 0 spiro atoms. The molecule has 4 rings (SSSR count). The standard InChI is InChI=1S/C24H23ClF4N6O2/c1-2-18(22(36)37)31-23-32-19(14-5-6-17(26)16(25)12-14)13-20(33-23)34-8-10-35(11-9-34)21-15(24(27,28)29)4-3-7-30-21/h3-7,12-13,18H,2,8-11H2,1H3,(H,36,37)(H,31,32,33). The minimum atomic E-state index is -4.53. The summed E-state index contributed by atoms with van der Waals surface area (Å²) in [5.41, 5.74) is 0.0660. The van der Waals surface area contributed by atoms with Gasteiger partial charge in [0.1, 0.15) is 23.5 Å². The first-order valence-electron chi connectivity index (χ1n) is 11.4. The molecule has 2 aromatic heterocycles. The number of nitrogens with one attached hydrogen (secondary N) is 1. The van der Waals surface area contributed by atoms with Crippen LogP contribution in [0, 0.1) is 5.82 Å². The Hall–Kier alpha value is -3.67. The second-order valence-electron chi connectivity index (χ2n) is 8.35. The molecule has 2 N–H and O–H groups in total. The summed E-state index contributed by atoms with van der Waals surface area (Å²) in [7, 11) is 0. The molecule has 0 saturated carbocycles. The highest BCUT2D eigenvalue weighted by molar-refractivity contribution is 6.31. The van der Waals surface area contributed by atoms with E-state index in [1.165, 1.54) is 30.5 Å². The molecule has 0 bridgehead atoms. The van der Waals surface area contributed by atoms with Crippen LogP contribution in [-0.4, -0.2) is 58.2 Å². The molecule has 1 aliphatic heterocycles. The molecule has 37 heavy (non-hydrogen) atoms. The van der Waals surface area contributed by atoms with Crippen molar-refractivity contribution in [1.29, 1.82) is 0 Å². The van der Waals surface area contributed by atoms with Gasteiger partial charge in [0.25, 0.3) is 0 Å². The maximum Gasteiger partial charge on any atom is 0.419 e. The predicted octanol–water partition coefficient (Wildman–Crippen LogP) is 4.95. The number of aromatic nitrogens is 3. The number of anilines is 3. The van der Waals surface area contributed by atoms with Gasteiger partial charge in [-0.1, -0.05) is 18.5 Å². The van der Waals surface area contributed by atoms with Gasteiger partial charge in [0, 0.05) is 44.0 Å². The van der Waals surface area contributed by atoms with E-state index in [9.17, 15) is 27.5 Å². The predicted molar refractivity (Wildman–Crippen MR) is 131 cm³/mol. The maximum absolute atomic E-state index is 13.7. The monoisotopic (exact) mass is 538 g/mol. The number of carboxylic acid groups (broad SMARTS) is 1. The van der Waals surface area contributed by atoms with E-state index in [0.29, 0.717) is 30.2 Å². The van der Waals surface area contributed by atoms with Crippen molar-refractivity contribution in [2.75, 3.05) is 41.3 Å². The number of rotatable bonds is 7. The fourth-order valence-corrected chi connectivity index (χ4v) is 4.16. The van der Waals surface area contributed by atoms with Crippen LogP contribution in [-0.2, 0) is 11.0 Å². The molecule has 1 aliphatic rings. The fourth-order valence-electron chi connectivity index (χ4n) is 3.98. The maximum atomic E-state index is 13.7. The molecule has 1 fully saturated rings. The van der Waals surface area contributed by atoms with Crippen LogP contribution in [0.15, 0.2) is 42.6 Å². The quantitative estimate of drug-likeness (QED) is 0.408. The van der Waals surface area contributed by atoms with Crippen LogP contribution < -0.4 is 15.1 Å². The van der Waals surface area contributed by atoms with Gasteiger partial charge in [-0.25, -0.2) is 19.2 Å². The van der Waals surface area contributed by atoms with Crippen molar-refractivity contribution in [3.63, 3.8) is 0 Å². The Morgan fingerprint density at radius 2 is 1.84 bits per heavy atom. The lowest BCUT2D eigenvalue weighted by molar-refractivity contribution is -0.138. The summed E-state index contributed by atoms with van der Waals surface area (Å²) in [5, 5.41) is 12.1. The minimum absolute atomic E-state index is 0.0497. The first-order valence-corrected chi connectivity index (χ1v) is 11.8. The van der Waals surface area contributed by atoms with Gasteiger partial charge >= 0.3 is 12.1 Å². The van der Waals surface area contributed by atoms with Crippen LogP contribution in [0.5, 0.6) is 0 Å². The number of hydrogen-bond acceptors (Lipinski definition) is 7. The van der Waals surface area contributed by atoms with E-state index in [1.807, 2.05) is 4.90 Å². The van der Waals surface area contributed by atoms with E-state index < -0.39 is 29.6 Å². The molecule has 196 valence electrons. The van der Waals surface area contributed by atoms with Crippen LogP contribution in [0.2, 0.25) is 5.02 Å². The van der Waals surface area contributed by atoms with Gasteiger partial charge in [0.15, 0.2) is 0 Å². The van der Waals surface area contributed by atoms with Crippen molar-refractivity contribution in [3.05, 3.63) is 59.0 Å². The molecular formula is C24H23ClF4N6O2. The van der Waals surface area contributed by atoms with Gasteiger partial charge in [-0.15, -0.1) is 0 Å². The summed E-state index contributed by atoms with van der Waals surface area (Å²) >= 11 is 5.95. The molecule has 1 aromatic carbocycles. The number of halogens is 5. The van der Waals surface area contributed by atoms with Gasteiger partial charge in [-0.2, -0.15) is 18.2 Å². The summed E-state index contributed by atoms with van der Waals surface area (Å²) in [6.07, 6.45) is -2.93. The van der Waals surface area contributed by atoms with E-state index in [2.05, 4.69) is 20.3 Å². The number of piperazine rings is 1.